The van der Waals surface area contributed by atoms with Gasteiger partial charge in [-0.3, -0.25) is 4.79 Å². The number of hydrogen-bond acceptors (Lipinski definition) is 5. The molecule has 0 fully saturated rings. The van der Waals surface area contributed by atoms with Crippen LogP contribution in [0.15, 0.2) is 47.8 Å². The van der Waals surface area contributed by atoms with Gasteiger partial charge in [-0.1, -0.05) is 23.8 Å². The van der Waals surface area contributed by atoms with Crippen molar-refractivity contribution in [2.45, 2.75) is 26.3 Å². The van der Waals surface area contributed by atoms with Crippen molar-refractivity contribution in [2.75, 3.05) is 14.2 Å². The summed E-state index contributed by atoms with van der Waals surface area (Å²) in [5.41, 5.74) is 3.90. The van der Waals surface area contributed by atoms with E-state index in [2.05, 4.69) is 29.4 Å². The van der Waals surface area contributed by atoms with Crippen LogP contribution < -0.4 is 14.8 Å². The minimum absolute atomic E-state index is 0.0848. The molecule has 3 rings (SSSR count). The van der Waals surface area contributed by atoms with Crippen molar-refractivity contribution in [1.82, 2.24) is 10.3 Å². The van der Waals surface area contributed by atoms with Crippen molar-refractivity contribution in [1.29, 1.82) is 0 Å². The quantitative estimate of drug-likeness (QED) is 0.636. The lowest BCUT2D eigenvalue weighted by atomic mass is 10.1. The summed E-state index contributed by atoms with van der Waals surface area (Å²) in [5.74, 6) is 1.35. The van der Waals surface area contributed by atoms with E-state index in [4.69, 9.17) is 9.47 Å². The zero-order chi connectivity index (χ0) is 20.1. The van der Waals surface area contributed by atoms with Gasteiger partial charge in [0, 0.05) is 16.5 Å². The molecule has 6 heteroatoms. The van der Waals surface area contributed by atoms with Crippen molar-refractivity contribution >= 4 is 17.2 Å². The fourth-order valence-electron chi connectivity index (χ4n) is 3.01. The van der Waals surface area contributed by atoms with Gasteiger partial charge in [0.2, 0.25) is 5.91 Å². The number of carbonyl (C=O) groups excluding carboxylic acids is 1. The smallest absolute Gasteiger partial charge is 0.226 e. The van der Waals surface area contributed by atoms with Gasteiger partial charge in [-0.2, -0.15) is 0 Å². The Bertz CT molecular complexity index is 968. The lowest BCUT2D eigenvalue weighted by Gasteiger charge is -2.18. The summed E-state index contributed by atoms with van der Waals surface area (Å²) >= 11 is 1.55. The van der Waals surface area contributed by atoms with E-state index in [9.17, 15) is 4.79 Å². The van der Waals surface area contributed by atoms with Gasteiger partial charge >= 0.3 is 0 Å². The molecule has 146 valence electrons. The minimum atomic E-state index is -0.215. The Morgan fingerprint density at radius 1 is 1.18 bits per heavy atom. The highest BCUT2D eigenvalue weighted by Crippen LogP contribution is 2.29. The fraction of sp³-hybridized carbons (Fsp3) is 0.273. The largest absolute Gasteiger partial charge is 0.497 e. The average Bonchev–Trinajstić information content (AvgIpc) is 3.15. The van der Waals surface area contributed by atoms with Crippen LogP contribution in [0.3, 0.4) is 0 Å². The van der Waals surface area contributed by atoms with Gasteiger partial charge in [-0.15, -0.1) is 11.3 Å². The average molecular weight is 397 g/mol. The number of methoxy groups -OCH3 is 2. The van der Waals surface area contributed by atoms with Crippen LogP contribution in [0, 0.1) is 6.92 Å². The Kier molecular flexibility index (Phi) is 6.31. The molecule has 28 heavy (non-hydrogen) atoms. The molecule has 0 spiro atoms. The summed E-state index contributed by atoms with van der Waals surface area (Å²) in [6.07, 6.45) is 0.235. The van der Waals surface area contributed by atoms with Gasteiger partial charge in [0.05, 0.1) is 32.4 Å². The van der Waals surface area contributed by atoms with Crippen LogP contribution in [-0.4, -0.2) is 25.1 Å². The first-order valence-corrected chi connectivity index (χ1v) is 9.91. The van der Waals surface area contributed by atoms with Crippen LogP contribution in [0.25, 0.3) is 10.6 Å². The number of amides is 1. The van der Waals surface area contributed by atoms with Crippen molar-refractivity contribution < 1.29 is 14.3 Å². The SMILES string of the molecule is COc1ccc(OC)c(C(C)NC(=O)Cc2csc(-c3cccc(C)c3)n2)c1. The molecule has 0 saturated carbocycles. The molecule has 0 aliphatic rings. The van der Waals surface area contributed by atoms with Gasteiger partial charge in [0.15, 0.2) is 0 Å². The number of nitrogens with one attached hydrogen (secondary N) is 1. The molecule has 1 aromatic heterocycles. The van der Waals surface area contributed by atoms with E-state index in [0.29, 0.717) is 5.75 Å². The molecule has 3 aromatic rings. The summed E-state index contributed by atoms with van der Waals surface area (Å²) < 4.78 is 10.7. The monoisotopic (exact) mass is 396 g/mol. The molecular weight excluding hydrogens is 372 g/mol. The fourth-order valence-corrected chi connectivity index (χ4v) is 3.83. The van der Waals surface area contributed by atoms with Crippen LogP contribution in [0.4, 0.5) is 0 Å². The van der Waals surface area contributed by atoms with Crippen molar-refractivity contribution in [3.63, 3.8) is 0 Å². The Labute approximate surface area is 169 Å². The van der Waals surface area contributed by atoms with E-state index in [0.717, 1.165) is 27.6 Å². The third-order valence-electron chi connectivity index (χ3n) is 4.44. The molecule has 0 bridgehead atoms. The number of hydrogen-bond donors (Lipinski definition) is 1. The number of nitrogens with zero attached hydrogens (tertiary/aromatic N) is 1. The van der Waals surface area contributed by atoms with E-state index >= 15 is 0 Å². The highest BCUT2D eigenvalue weighted by atomic mass is 32.1. The summed E-state index contributed by atoms with van der Waals surface area (Å²) in [6, 6.07) is 13.5. The zero-order valence-corrected chi connectivity index (χ0v) is 17.3. The lowest BCUT2D eigenvalue weighted by molar-refractivity contribution is -0.121. The predicted molar refractivity (Wildman–Crippen MR) is 112 cm³/mol. The minimum Gasteiger partial charge on any atom is -0.497 e. The zero-order valence-electron chi connectivity index (χ0n) is 16.5. The Morgan fingerprint density at radius 3 is 2.71 bits per heavy atom. The number of benzene rings is 2. The first kappa shape index (κ1) is 19.9. The van der Waals surface area contributed by atoms with E-state index in [1.54, 1.807) is 25.6 Å². The molecule has 1 N–H and O–H groups in total. The maximum Gasteiger partial charge on any atom is 0.226 e. The second-order valence-electron chi connectivity index (χ2n) is 6.59. The van der Waals surface area contributed by atoms with Crippen LogP contribution in [0.1, 0.15) is 29.8 Å². The number of aryl methyl sites for hydroxylation is 1. The van der Waals surface area contributed by atoms with Crippen LogP contribution in [0.2, 0.25) is 0 Å². The van der Waals surface area contributed by atoms with Crippen molar-refractivity contribution in [3.8, 4) is 22.1 Å². The van der Waals surface area contributed by atoms with Gasteiger partial charge in [0.25, 0.3) is 0 Å². The number of thiazole rings is 1. The Hall–Kier alpha value is -2.86. The number of ether oxygens (including phenoxy) is 2. The normalized spacial score (nSPS) is 11.7. The molecular formula is C22H24N2O3S. The van der Waals surface area contributed by atoms with E-state index in [1.807, 2.05) is 42.6 Å². The Balaban J connectivity index is 1.68. The summed E-state index contributed by atoms with van der Waals surface area (Å²) in [7, 11) is 3.23. The molecule has 0 saturated heterocycles. The molecule has 1 atom stereocenters. The number of aromatic nitrogens is 1. The molecule has 2 aromatic carbocycles. The van der Waals surface area contributed by atoms with E-state index in [-0.39, 0.29) is 18.4 Å². The molecule has 1 unspecified atom stereocenters. The highest BCUT2D eigenvalue weighted by Gasteiger charge is 2.16. The first-order valence-electron chi connectivity index (χ1n) is 9.03. The van der Waals surface area contributed by atoms with E-state index < -0.39 is 0 Å². The highest BCUT2D eigenvalue weighted by molar-refractivity contribution is 7.13. The molecule has 0 aliphatic carbocycles. The van der Waals surface area contributed by atoms with Crippen molar-refractivity contribution in [2.24, 2.45) is 0 Å². The maximum atomic E-state index is 12.5. The molecule has 0 aliphatic heterocycles. The van der Waals surface area contributed by atoms with Gasteiger partial charge < -0.3 is 14.8 Å². The summed E-state index contributed by atoms with van der Waals surface area (Å²) in [4.78, 5) is 17.1. The standard InChI is InChI=1S/C22H24N2O3S/c1-14-6-5-7-16(10-14)22-24-17(13-28-22)11-21(25)23-15(2)19-12-18(26-3)8-9-20(19)27-4/h5-10,12-13,15H,11H2,1-4H3,(H,23,25). The van der Waals surface area contributed by atoms with Crippen LogP contribution >= 0.6 is 11.3 Å². The molecule has 0 radical (unpaired) electrons. The second kappa shape index (κ2) is 8.89. The van der Waals surface area contributed by atoms with Gasteiger partial charge in [-0.05, 0) is 38.1 Å². The summed E-state index contributed by atoms with van der Waals surface area (Å²) in [5, 5.41) is 5.88. The van der Waals surface area contributed by atoms with Gasteiger partial charge in [-0.25, -0.2) is 4.98 Å². The second-order valence-corrected chi connectivity index (χ2v) is 7.45. The lowest BCUT2D eigenvalue weighted by Crippen LogP contribution is -2.28. The Morgan fingerprint density at radius 2 is 2.00 bits per heavy atom. The summed E-state index contributed by atoms with van der Waals surface area (Å²) in [6.45, 7) is 3.98. The topological polar surface area (TPSA) is 60.5 Å². The van der Waals surface area contributed by atoms with Crippen LogP contribution in [-0.2, 0) is 11.2 Å². The van der Waals surface area contributed by atoms with Crippen molar-refractivity contribution in [3.05, 3.63) is 64.7 Å². The van der Waals surface area contributed by atoms with Gasteiger partial charge in [0.1, 0.15) is 16.5 Å². The maximum absolute atomic E-state index is 12.5. The molecule has 1 amide bonds. The number of carbonyl (C=O) groups is 1. The van der Waals surface area contributed by atoms with Crippen LogP contribution in [0.5, 0.6) is 11.5 Å². The first-order chi connectivity index (χ1) is 13.5. The third kappa shape index (κ3) is 4.70. The third-order valence-corrected chi connectivity index (χ3v) is 5.38. The number of rotatable bonds is 7. The predicted octanol–water partition coefficient (Wildman–Crippen LogP) is 4.56. The molecule has 1 heterocycles. The molecule has 5 nitrogen and oxygen atoms in total. The van der Waals surface area contributed by atoms with E-state index in [1.165, 1.54) is 5.56 Å².